The molecule has 0 amide bonds. The molecule has 3 heteroatoms. The number of benzene rings is 1. The minimum absolute atomic E-state index is 0.0132. The standard InChI is InChI=1S/C15H16N2O/c1-3-17-11-13(10-16-17)6-9-15(18)14-7-4-12(2)5-8-14/h4-11H,3H2,1-2H3/b9-6+. The van der Waals surface area contributed by atoms with Crippen molar-refractivity contribution in [1.82, 2.24) is 9.78 Å². The van der Waals surface area contributed by atoms with Gasteiger partial charge in [0.05, 0.1) is 6.20 Å². The van der Waals surface area contributed by atoms with Crippen molar-refractivity contribution >= 4 is 11.9 Å². The van der Waals surface area contributed by atoms with Crippen LogP contribution in [0.4, 0.5) is 0 Å². The van der Waals surface area contributed by atoms with Gasteiger partial charge in [0.1, 0.15) is 0 Å². The predicted octanol–water partition coefficient (Wildman–Crippen LogP) is 3.11. The highest BCUT2D eigenvalue weighted by atomic mass is 16.1. The van der Waals surface area contributed by atoms with Crippen LogP contribution in [0, 0.1) is 6.92 Å². The van der Waals surface area contributed by atoms with Gasteiger partial charge in [0.25, 0.3) is 0 Å². The van der Waals surface area contributed by atoms with Crippen LogP contribution >= 0.6 is 0 Å². The number of carbonyl (C=O) groups excluding carboxylic acids is 1. The maximum atomic E-state index is 11.9. The van der Waals surface area contributed by atoms with Gasteiger partial charge in [0, 0.05) is 23.9 Å². The van der Waals surface area contributed by atoms with E-state index in [1.807, 2.05) is 49.0 Å². The number of carbonyl (C=O) groups is 1. The molecule has 0 unspecified atom stereocenters. The van der Waals surface area contributed by atoms with E-state index < -0.39 is 0 Å². The van der Waals surface area contributed by atoms with E-state index in [4.69, 9.17) is 0 Å². The van der Waals surface area contributed by atoms with Crippen molar-refractivity contribution in [2.45, 2.75) is 20.4 Å². The lowest BCUT2D eigenvalue weighted by atomic mass is 10.1. The van der Waals surface area contributed by atoms with E-state index in [9.17, 15) is 4.79 Å². The number of allylic oxidation sites excluding steroid dienone is 1. The molecule has 1 aromatic carbocycles. The fourth-order valence-electron chi connectivity index (χ4n) is 1.62. The molecule has 18 heavy (non-hydrogen) atoms. The monoisotopic (exact) mass is 240 g/mol. The quantitative estimate of drug-likeness (QED) is 0.608. The third-order valence-electron chi connectivity index (χ3n) is 2.74. The number of hydrogen-bond donors (Lipinski definition) is 0. The number of nitrogens with zero attached hydrogens (tertiary/aromatic N) is 2. The molecule has 0 radical (unpaired) electrons. The summed E-state index contributed by atoms with van der Waals surface area (Å²) >= 11 is 0. The number of ketones is 1. The van der Waals surface area contributed by atoms with E-state index >= 15 is 0 Å². The van der Waals surface area contributed by atoms with E-state index in [-0.39, 0.29) is 5.78 Å². The van der Waals surface area contributed by atoms with Crippen LogP contribution < -0.4 is 0 Å². The summed E-state index contributed by atoms with van der Waals surface area (Å²) in [7, 11) is 0. The van der Waals surface area contributed by atoms with Crippen LogP contribution in [0.1, 0.15) is 28.4 Å². The van der Waals surface area contributed by atoms with Gasteiger partial charge in [0.2, 0.25) is 0 Å². The topological polar surface area (TPSA) is 34.9 Å². The third kappa shape index (κ3) is 2.94. The Morgan fingerprint density at radius 2 is 2.06 bits per heavy atom. The SMILES string of the molecule is CCn1cc(/C=C/C(=O)c2ccc(C)cc2)cn1. The molecule has 3 nitrogen and oxygen atoms in total. The van der Waals surface area contributed by atoms with Crippen molar-refractivity contribution in [3.05, 3.63) is 59.4 Å². The summed E-state index contributed by atoms with van der Waals surface area (Å²) in [5, 5.41) is 4.15. The van der Waals surface area contributed by atoms with E-state index in [2.05, 4.69) is 5.10 Å². The predicted molar refractivity (Wildman–Crippen MR) is 72.4 cm³/mol. The minimum Gasteiger partial charge on any atom is -0.289 e. The molecule has 0 saturated heterocycles. The van der Waals surface area contributed by atoms with Crippen molar-refractivity contribution in [2.75, 3.05) is 0 Å². The molecule has 92 valence electrons. The molecule has 0 spiro atoms. The van der Waals surface area contributed by atoms with E-state index in [0.717, 1.165) is 17.7 Å². The number of rotatable bonds is 4. The third-order valence-corrected chi connectivity index (χ3v) is 2.74. The Balaban J connectivity index is 2.09. The molecular formula is C15H16N2O. The van der Waals surface area contributed by atoms with Crippen molar-refractivity contribution < 1.29 is 4.79 Å². The second kappa shape index (κ2) is 5.45. The zero-order valence-corrected chi connectivity index (χ0v) is 10.6. The number of hydrogen-bond acceptors (Lipinski definition) is 2. The average molecular weight is 240 g/mol. The van der Waals surface area contributed by atoms with E-state index in [0.29, 0.717) is 5.56 Å². The first kappa shape index (κ1) is 12.3. The molecule has 0 bridgehead atoms. The van der Waals surface area contributed by atoms with Crippen molar-refractivity contribution in [3.8, 4) is 0 Å². The Morgan fingerprint density at radius 1 is 1.33 bits per heavy atom. The summed E-state index contributed by atoms with van der Waals surface area (Å²) in [6.07, 6.45) is 7.05. The maximum Gasteiger partial charge on any atom is 0.185 e. The molecule has 1 heterocycles. The fraction of sp³-hybridized carbons (Fsp3) is 0.200. The van der Waals surface area contributed by atoms with Crippen LogP contribution in [0.15, 0.2) is 42.7 Å². The lowest BCUT2D eigenvalue weighted by Crippen LogP contribution is -1.93. The van der Waals surface area contributed by atoms with Gasteiger partial charge in [-0.1, -0.05) is 29.8 Å². The van der Waals surface area contributed by atoms with Crippen molar-refractivity contribution in [1.29, 1.82) is 0 Å². The molecule has 0 aliphatic carbocycles. The molecule has 0 aliphatic rings. The molecule has 0 fully saturated rings. The van der Waals surface area contributed by atoms with E-state index in [1.165, 1.54) is 0 Å². The van der Waals surface area contributed by atoms with Crippen LogP contribution in [0.2, 0.25) is 0 Å². The Kier molecular flexibility index (Phi) is 3.72. The van der Waals surface area contributed by atoms with Crippen LogP contribution in [0.5, 0.6) is 0 Å². The van der Waals surface area contributed by atoms with Crippen molar-refractivity contribution in [3.63, 3.8) is 0 Å². The first-order chi connectivity index (χ1) is 8.69. The molecule has 0 N–H and O–H groups in total. The Labute approximate surface area is 107 Å². The van der Waals surface area contributed by atoms with Gasteiger partial charge in [0.15, 0.2) is 5.78 Å². The van der Waals surface area contributed by atoms with Crippen LogP contribution in [-0.2, 0) is 6.54 Å². The van der Waals surface area contributed by atoms with Gasteiger partial charge in [-0.2, -0.15) is 5.10 Å². The molecular weight excluding hydrogens is 224 g/mol. The highest BCUT2D eigenvalue weighted by Crippen LogP contribution is 2.07. The average Bonchev–Trinajstić information content (AvgIpc) is 2.85. The zero-order chi connectivity index (χ0) is 13.0. The minimum atomic E-state index is 0.0132. The fourth-order valence-corrected chi connectivity index (χ4v) is 1.62. The molecule has 1 aromatic heterocycles. The highest BCUT2D eigenvalue weighted by Gasteiger charge is 2.01. The van der Waals surface area contributed by atoms with Gasteiger partial charge in [-0.25, -0.2) is 0 Å². The molecule has 0 saturated carbocycles. The molecule has 0 atom stereocenters. The smallest absolute Gasteiger partial charge is 0.185 e. The zero-order valence-electron chi connectivity index (χ0n) is 10.6. The van der Waals surface area contributed by atoms with Gasteiger partial charge in [-0.05, 0) is 26.0 Å². The summed E-state index contributed by atoms with van der Waals surface area (Å²) < 4.78 is 1.83. The van der Waals surface area contributed by atoms with Crippen LogP contribution in [0.3, 0.4) is 0 Å². The Bertz CT molecular complexity index is 564. The number of aryl methyl sites for hydroxylation is 2. The second-order valence-corrected chi connectivity index (χ2v) is 4.19. The molecule has 2 rings (SSSR count). The maximum absolute atomic E-state index is 11.9. The van der Waals surface area contributed by atoms with Crippen LogP contribution in [-0.4, -0.2) is 15.6 Å². The summed E-state index contributed by atoms with van der Waals surface area (Å²) in [6.45, 7) is 4.86. The molecule has 2 aromatic rings. The van der Waals surface area contributed by atoms with Gasteiger partial charge < -0.3 is 0 Å². The van der Waals surface area contributed by atoms with Crippen LogP contribution in [0.25, 0.3) is 6.08 Å². The largest absolute Gasteiger partial charge is 0.289 e. The van der Waals surface area contributed by atoms with E-state index in [1.54, 1.807) is 18.3 Å². The Morgan fingerprint density at radius 3 is 2.67 bits per heavy atom. The normalized spacial score (nSPS) is 11.0. The lowest BCUT2D eigenvalue weighted by molar-refractivity contribution is 0.104. The molecule has 0 aliphatic heterocycles. The second-order valence-electron chi connectivity index (χ2n) is 4.19. The first-order valence-corrected chi connectivity index (χ1v) is 6.00. The summed E-state index contributed by atoms with van der Waals surface area (Å²) in [5.41, 5.74) is 2.80. The summed E-state index contributed by atoms with van der Waals surface area (Å²) in [4.78, 5) is 11.9. The summed E-state index contributed by atoms with van der Waals surface area (Å²) in [5.74, 6) is 0.0132. The van der Waals surface area contributed by atoms with Gasteiger partial charge in [-0.3, -0.25) is 9.48 Å². The number of aromatic nitrogens is 2. The van der Waals surface area contributed by atoms with Crippen molar-refractivity contribution in [2.24, 2.45) is 0 Å². The Hall–Kier alpha value is -2.16. The summed E-state index contributed by atoms with van der Waals surface area (Å²) in [6, 6.07) is 7.57. The van der Waals surface area contributed by atoms with Gasteiger partial charge >= 0.3 is 0 Å². The lowest BCUT2D eigenvalue weighted by Gasteiger charge is -1.96. The first-order valence-electron chi connectivity index (χ1n) is 6.00. The highest BCUT2D eigenvalue weighted by molar-refractivity contribution is 6.06. The van der Waals surface area contributed by atoms with Gasteiger partial charge in [-0.15, -0.1) is 0 Å².